The van der Waals surface area contributed by atoms with E-state index in [2.05, 4.69) is 29.8 Å². The van der Waals surface area contributed by atoms with Gasteiger partial charge >= 0.3 is 0 Å². The van der Waals surface area contributed by atoms with Crippen molar-refractivity contribution in [1.82, 2.24) is 14.9 Å². The second-order valence-electron chi connectivity index (χ2n) is 8.21. The SMILES string of the molecule is COCCN1C[C@]2(CCCN(c3cc(C)nc(C(C)C)n3)C2)CCC1=O. The molecule has 6 nitrogen and oxygen atoms in total. The van der Waals surface area contributed by atoms with E-state index in [1.165, 1.54) is 6.42 Å². The number of ether oxygens (including phenoxy) is 1. The van der Waals surface area contributed by atoms with Crippen molar-refractivity contribution in [3.8, 4) is 0 Å². The van der Waals surface area contributed by atoms with Crippen molar-refractivity contribution >= 4 is 11.7 Å². The van der Waals surface area contributed by atoms with Gasteiger partial charge in [-0.25, -0.2) is 9.97 Å². The van der Waals surface area contributed by atoms with E-state index in [1.807, 2.05) is 11.8 Å². The number of piperidine rings is 2. The Morgan fingerprint density at radius 3 is 2.81 bits per heavy atom. The number of nitrogens with zero attached hydrogens (tertiary/aromatic N) is 4. The molecule has 0 aliphatic carbocycles. The molecule has 3 rings (SSSR count). The van der Waals surface area contributed by atoms with Crippen LogP contribution in [0.5, 0.6) is 0 Å². The summed E-state index contributed by atoms with van der Waals surface area (Å²) >= 11 is 0. The van der Waals surface area contributed by atoms with Gasteiger partial charge in [-0.1, -0.05) is 13.8 Å². The second-order valence-corrected chi connectivity index (χ2v) is 8.21. The number of carbonyl (C=O) groups excluding carboxylic acids is 1. The summed E-state index contributed by atoms with van der Waals surface area (Å²) in [4.78, 5) is 26.1. The molecule has 3 heterocycles. The van der Waals surface area contributed by atoms with Crippen molar-refractivity contribution in [1.29, 1.82) is 0 Å². The van der Waals surface area contributed by atoms with Gasteiger partial charge in [0.1, 0.15) is 11.6 Å². The largest absolute Gasteiger partial charge is 0.383 e. The summed E-state index contributed by atoms with van der Waals surface area (Å²) in [6.07, 6.45) is 3.96. The highest BCUT2D eigenvalue weighted by atomic mass is 16.5. The number of rotatable bonds is 5. The Morgan fingerprint density at radius 2 is 2.08 bits per heavy atom. The Hall–Kier alpha value is -1.69. The average Bonchev–Trinajstić information content (AvgIpc) is 2.62. The minimum absolute atomic E-state index is 0.177. The molecule has 2 saturated heterocycles. The molecule has 1 amide bonds. The zero-order valence-electron chi connectivity index (χ0n) is 16.6. The first-order valence-corrected chi connectivity index (χ1v) is 9.80. The molecule has 0 aromatic carbocycles. The number of hydrogen-bond acceptors (Lipinski definition) is 5. The molecule has 144 valence electrons. The van der Waals surface area contributed by atoms with Crippen LogP contribution in [-0.2, 0) is 9.53 Å². The van der Waals surface area contributed by atoms with E-state index in [1.54, 1.807) is 7.11 Å². The highest BCUT2D eigenvalue weighted by Crippen LogP contribution is 2.40. The summed E-state index contributed by atoms with van der Waals surface area (Å²) in [6, 6.07) is 2.10. The van der Waals surface area contributed by atoms with Gasteiger partial charge in [0.05, 0.1) is 6.61 Å². The fraction of sp³-hybridized carbons (Fsp3) is 0.750. The lowest BCUT2D eigenvalue weighted by Gasteiger charge is -2.48. The zero-order chi connectivity index (χ0) is 18.7. The Balaban J connectivity index is 1.77. The molecule has 26 heavy (non-hydrogen) atoms. The molecule has 0 unspecified atom stereocenters. The number of hydrogen-bond donors (Lipinski definition) is 0. The van der Waals surface area contributed by atoms with Crippen molar-refractivity contribution < 1.29 is 9.53 Å². The minimum Gasteiger partial charge on any atom is -0.383 e. The van der Waals surface area contributed by atoms with E-state index in [4.69, 9.17) is 9.72 Å². The normalized spacial score (nSPS) is 24.0. The predicted molar refractivity (Wildman–Crippen MR) is 102 cm³/mol. The molecule has 0 N–H and O–H groups in total. The van der Waals surface area contributed by atoms with E-state index in [9.17, 15) is 4.79 Å². The number of methoxy groups -OCH3 is 1. The minimum atomic E-state index is 0.177. The topological polar surface area (TPSA) is 58.6 Å². The third-order valence-corrected chi connectivity index (χ3v) is 5.67. The van der Waals surface area contributed by atoms with E-state index >= 15 is 0 Å². The van der Waals surface area contributed by atoms with E-state index in [0.717, 1.165) is 49.8 Å². The maximum absolute atomic E-state index is 12.3. The number of aromatic nitrogens is 2. The molecule has 2 aliphatic heterocycles. The van der Waals surface area contributed by atoms with Gasteiger partial charge in [-0.3, -0.25) is 4.79 Å². The lowest BCUT2D eigenvalue weighted by atomic mass is 9.73. The molecule has 0 saturated carbocycles. The lowest BCUT2D eigenvalue weighted by Crippen LogP contribution is -2.54. The van der Waals surface area contributed by atoms with E-state index < -0.39 is 0 Å². The molecule has 0 bridgehead atoms. The number of likely N-dealkylation sites (tertiary alicyclic amines) is 1. The molecule has 2 aliphatic rings. The van der Waals surface area contributed by atoms with Crippen LogP contribution in [-0.4, -0.2) is 60.7 Å². The summed E-state index contributed by atoms with van der Waals surface area (Å²) in [5.41, 5.74) is 1.20. The molecular formula is C20H32N4O2. The summed E-state index contributed by atoms with van der Waals surface area (Å²) in [5, 5.41) is 0. The first-order chi connectivity index (χ1) is 12.4. The second kappa shape index (κ2) is 7.91. The molecule has 1 spiro atoms. The molecule has 0 radical (unpaired) electrons. The molecular weight excluding hydrogens is 328 g/mol. The van der Waals surface area contributed by atoms with Crippen molar-refractivity contribution in [2.24, 2.45) is 5.41 Å². The molecule has 2 fully saturated rings. The Kier molecular flexibility index (Phi) is 5.80. The molecule has 6 heteroatoms. The van der Waals surface area contributed by atoms with Crippen LogP contribution in [0.2, 0.25) is 0 Å². The number of amides is 1. The molecule has 1 aromatic rings. The Morgan fingerprint density at radius 1 is 1.27 bits per heavy atom. The van der Waals surface area contributed by atoms with Crippen LogP contribution in [0.1, 0.15) is 57.0 Å². The van der Waals surface area contributed by atoms with Crippen LogP contribution in [0.4, 0.5) is 5.82 Å². The summed E-state index contributed by atoms with van der Waals surface area (Å²) in [6.45, 7) is 10.5. The Labute approximate surface area is 156 Å². The van der Waals surface area contributed by atoms with Crippen LogP contribution >= 0.6 is 0 Å². The zero-order valence-corrected chi connectivity index (χ0v) is 16.6. The number of aryl methyl sites for hydroxylation is 1. The first kappa shape index (κ1) is 19.1. The fourth-order valence-corrected chi connectivity index (χ4v) is 4.24. The third kappa shape index (κ3) is 4.17. The van der Waals surface area contributed by atoms with Crippen LogP contribution in [0, 0.1) is 12.3 Å². The van der Waals surface area contributed by atoms with Crippen molar-refractivity contribution in [2.45, 2.75) is 52.4 Å². The summed E-state index contributed by atoms with van der Waals surface area (Å²) < 4.78 is 5.19. The van der Waals surface area contributed by atoms with Gasteiger partial charge in [0.15, 0.2) is 0 Å². The van der Waals surface area contributed by atoms with Crippen LogP contribution in [0.25, 0.3) is 0 Å². The average molecular weight is 361 g/mol. The van der Waals surface area contributed by atoms with Crippen molar-refractivity contribution in [3.05, 3.63) is 17.6 Å². The van der Waals surface area contributed by atoms with E-state index in [-0.39, 0.29) is 11.3 Å². The third-order valence-electron chi connectivity index (χ3n) is 5.67. The van der Waals surface area contributed by atoms with Crippen LogP contribution in [0.3, 0.4) is 0 Å². The number of anilines is 1. The quantitative estimate of drug-likeness (QED) is 0.808. The highest BCUT2D eigenvalue weighted by Gasteiger charge is 2.42. The van der Waals surface area contributed by atoms with Gasteiger partial charge in [-0.05, 0) is 26.2 Å². The predicted octanol–water partition coefficient (Wildman–Crippen LogP) is 2.76. The molecule has 1 atom stereocenters. The maximum Gasteiger partial charge on any atom is 0.222 e. The summed E-state index contributed by atoms with van der Waals surface area (Å²) in [7, 11) is 1.69. The Bertz CT molecular complexity index is 649. The van der Waals surface area contributed by atoms with Crippen molar-refractivity contribution in [3.63, 3.8) is 0 Å². The standard InChI is InChI=1S/C20H32N4O2/c1-15(2)19-21-16(3)12-17(22-19)23-9-5-7-20(13-23)8-6-18(25)24(14-20)10-11-26-4/h12,15H,5-11,13-14H2,1-4H3/t20-/m1/s1. The van der Waals surface area contributed by atoms with Gasteiger partial charge < -0.3 is 14.5 Å². The van der Waals surface area contributed by atoms with Crippen molar-refractivity contribution in [2.75, 3.05) is 44.8 Å². The highest BCUT2D eigenvalue weighted by molar-refractivity contribution is 5.77. The van der Waals surface area contributed by atoms with Gasteiger partial charge in [-0.15, -0.1) is 0 Å². The maximum atomic E-state index is 12.3. The van der Waals surface area contributed by atoms with E-state index in [0.29, 0.717) is 25.5 Å². The first-order valence-electron chi connectivity index (χ1n) is 9.80. The van der Waals surface area contributed by atoms with Gasteiger partial charge in [0, 0.05) is 62.8 Å². The van der Waals surface area contributed by atoms with Gasteiger partial charge in [0.25, 0.3) is 0 Å². The van der Waals surface area contributed by atoms with Gasteiger partial charge in [0.2, 0.25) is 5.91 Å². The number of carbonyl (C=O) groups is 1. The monoisotopic (exact) mass is 360 g/mol. The fourth-order valence-electron chi connectivity index (χ4n) is 4.24. The van der Waals surface area contributed by atoms with Crippen LogP contribution < -0.4 is 4.90 Å². The summed E-state index contributed by atoms with van der Waals surface area (Å²) in [5.74, 6) is 2.55. The van der Waals surface area contributed by atoms with Crippen LogP contribution in [0.15, 0.2) is 6.07 Å². The van der Waals surface area contributed by atoms with Gasteiger partial charge in [-0.2, -0.15) is 0 Å². The smallest absolute Gasteiger partial charge is 0.222 e. The lowest BCUT2D eigenvalue weighted by molar-refractivity contribution is -0.138. The molecule has 1 aromatic heterocycles.